The molecule has 0 saturated heterocycles. The number of aryl methyl sites for hydroxylation is 1. The van der Waals surface area contributed by atoms with Gasteiger partial charge in [0, 0.05) is 26.6 Å². The fourth-order valence-corrected chi connectivity index (χ4v) is 1.78. The first-order valence-electron chi connectivity index (χ1n) is 6.07. The first kappa shape index (κ1) is 12.1. The van der Waals surface area contributed by atoms with Crippen LogP contribution in [0.4, 0.5) is 0 Å². The van der Waals surface area contributed by atoms with Crippen LogP contribution < -0.4 is 10.6 Å². The number of likely N-dealkylation sites (N-methyl/N-ethyl adjacent to an activating group) is 1. The van der Waals surface area contributed by atoms with Crippen LogP contribution in [0.5, 0.6) is 0 Å². The molecule has 0 fully saturated rings. The zero-order valence-corrected chi connectivity index (χ0v) is 10.4. The summed E-state index contributed by atoms with van der Waals surface area (Å²) in [5, 5.41) is 6.66. The molecular formula is C13H19N3O. The molecule has 1 aromatic carbocycles. The summed E-state index contributed by atoms with van der Waals surface area (Å²) in [7, 11) is 0. The van der Waals surface area contributed by atoms with E-state index in [4.69, 9.17) is 4.42 Å². The van der Waals surface area contributed by atoms with E-state index in [1.165, 1.54) is 5.56 Å². The minimum atomic E-state index is 0.720. The Kier molecular flexibility index (Phi) is 4.12. The summed E-state index contributed by atoms with van der Waals surface area (Å²) in [6.45, 7) is 7.84. The summed E-state index contributed by atoms with van der Waals surface area (Å²) in [5.74, 6) is 0.720. The minimum Gasteiger partial charge on any atom is -0.441 e. The van der Waals surface area contributed by atoms with Crippen molar-refractivity contribution in [1.29, 1.82) is 0 Å². The van der Waals surface area contributed by atoms with Crippen LogP contribution in [0.1, 0.15) is 18.4 Å². The van der Waals surface area contributed by atoms with Crippen molar-refractivity contribution in [1.82, 2.24) is 15.6 Å². The highest BCUT2D eigenvalue weighted by Gasteiger charge is 2.02. The van der Waals surface area contributed by atoms with Gasteiger partial charge in [-0.3, -0.25) is 0 Å². The maximum absolute atomic E-state index is 5.50. The second-order valence-corrected chi connectivity index (χ2v) is 4.07. The van der Waals surface area contributed by atoms with Gasteiger partial charge >= 0.3 is 0 Å². The van der Waals surface area contributed by atoms with Crippen LogP contribution in [-0.2, 0) is 6.54 Å². The molecule has 2 aromatic rings. The lowest BCUT2D eigenvalue weighted by atomic mass is 10.2. The van der Waals surface area contributed by atoms with Gasteiger partial charge in [0.1, 0.15) is 5.52 Å². The number of aromatic nitrogens is 1. The number of oxazole rings is 1. The summed E-state index contributed by atoms with van der Waals surface area (Å²) in [6, 6.07) is 6.15. The summed E-state index contributed by atoms with van der Waals surface area (Å²) in [4.78, 5) is 4.28. The topological polar surface area (TPSA) is 50.1 Å². The molecule has 2 N–H and O–H groups in total. The van der Waals surface area contributed by atoms with Gasteiger partial charge in [-0.25, -0.2) is 4.98 Å². The fraction of sp³-hybridized carbons (Fsp3) is 0.462. The predicted octanol–water partition coefficient (Wildman–Crippen LogP) is 1.84. The first-order chi connectivity index (χ1) is 8.29. The van der Waals surface area contributed by atoms with E-state index in [-0.39, 0.29) is 0 Å². The Balaban J connectivity index is 1.90. The third-order valence-corrected chi connectivity index (χ3v) is 2.62. The number of rotatable bonds is 6. The fourth-order valence-electron chi connectivity index (χ4n) is 1.78. The molecule has 1 aromatic heterocycles. The second kappa shape index (κ2) is 5.80. The molecule has 17 heavy (non-hydrogen) atoms. The number of hydrogen-bond donors (Lipinski definition) is 2. The molecule has 0 radical (unpaired) electrons. The van der Waals surface area contributed by atoms with Crippen molar-refractivity contribution >= 4 is 11.1 Å². The van der Waals surface area contributed by atoms with E-state index in [0.29, 0.717) is 0 Å². The molecule has 1 heterocycles. The molecule has 2 rings (SSSR count). The zero-order chi connectivity index (χ0) is 12.1. The lowest BCUT2D eigenvalue weighted by Gasteiger charge is -2.04. The molecule has 0 spiro atoms. The second-order valence-electron chi connectivity index (χ2n) is 4.07. The van der Waals surface area contributed by atoms with Crippen LogP contribution >= 0.6 is 0 Å². The van der Waals surface area contributed by atoms with Gasteiger partial charge < -0.3 is 15.1 Å². The van der Waals surface area contributed by atoms with Crippen molar-refractivity contribution in [2.24, 2.45) is 0 Å². The molecule has 4 heteroatoms. The lowest BCUT2D eigenvalue weighted by Crippen LogP contribution is -2.26. The van der Waals surface area contributed by atoms with Gasteiger partial charge in [0.2, 0.25) is 0 Å². The van der Waals surface area contributed by atoms with Crippen LogP contribution in [0.2, 0.25) is 0 Å². The van der Waals surface area contributed by atoms with Gasteiger partial charge in [-0.1, -0.05) is 13.0 Å². The average molecular weight is 233 g/mol. The van der Waals surface area contributed by atoms with Crippen molar-refractivity contribution in [3.63, 3.8) is 0 Å². The molecule has 0 aliphatic carbocycles. The van der Waals surface area contributed by atoms with Crippen LogP contribution in [0.15, 0.2) is 22.6 Å². The molecule has 92 valence electrons. The van der Waals surface area contributed by atoms with E-state index in [0.717, 1.165) is 43.2 Å². The Bertz CT molecular complexity index is 478. The van der Waals surface area contributed by atoms with E-state index >= 15 is 0 Å². The third-order valence-electron chi connectivity index (χ3n) is 2.62. The Morgan fingerprint density at radius 1 is 1.24 bits per heavy atom. The van der Waals surface area contributed by atoms with E-state index in [2.05, 4.69) is 34.7 Å². The largest absolute Gasteiger partial charge is 0.441 e. The van der Waals surface area contributed by atoms with Gasteiger partial charge in [0.15, 0.2) is 11.5 Å². The maximum Gasteiger partial charge on any atom is 0.192 e. The summed E-state index contributed by atoms with van der Waals surface area (Å²) >= 11 is 0. The standard InChI is InChI=1S/C13H19N3O/c1-3-14-6-7-15-9-11-4-5-12-13(8-11)17-10(2)16-12/h4-5,8,14-15H,3,6-7,9H2,1-2H3. The van der Waals surface area contributed by atoms with Crippen molar-refractivity contribution in [2.75, 3.05) is 19.6 Å². The average Bonchev–Trinajstić information content (AvgIpc) is 2.68. The molecule has 0 aliphatic heterocycles. The van der Waals surface area contributed by atoms with Crippen LogP contribution in [0, 0.1) is 6.92 Å². The summed E-state index contributed by atoms with van der Waals surface area (Å²) in [6.07, 6.45) is 0. The van der Waals surface area contributed by atoms with Gasteiger partial charge in [0.05, 0.1) is 0 Å². The number of benzene rings is 1. The molecule has 0 unspecified atom stereocenters. The smallest absolute Gasteiger partial charge is 0.192 e. The SMILES string of the molecule is CCNCCNCc1ccc2nc(C)oc2c1. The number of nitrogens with zero attached hydrogens (tertiary/aromatic N) is 1. The molecule has 0 atom stereocenters. The van der Waals surface area contributed by atoms with E-state index in [1.54, 1.807) is 0 Å². The van der Waals surface area contributed by atoms with Crippen LogP contribution in [0.25, 0.3) is 11.1 Å². The quantitative estimate of drug-likeness (QED) is 0.747. The van der Waals surface area contributed by atoms with E-state index < -0.39 is 0 Å². The summed E-state index contributed by atoms with van der Waals surface area (Å²) < 4.78 is 5.50. The Morgan fingerprint density at radius 3 is 2.88 bits per heavy atom. The maximum atomic E-state index is 5.50. The van der Waals surface area contributed by atoms with E-state index in [9.17, 15) is 0 Å². The van der Waals surface area contributed by atoms with Gasteiger partial charge in [0.25, 0.3) is 0 Å². The van der Waals surface area contributed by atoms with Crippen molar-refractivity contribution in [3.8, 4) is 0 Å². The predicted molar refractivity (Wildman–Crippen MR) is 69.0 cm³/mol. The Morgan fingerprint density at radius 2 is 2.06 bits per heavy atom. The highest BCUT2D eigenvalue weighted by atomic mass is 16.3. The molecule has 0 saturated carbocycles. The van der Waals surface area contributed by atoms with Crippen LogP contribution in [0.3, 0.4) is 0 Å². The van der Waals surface area contributed by atoms with Crippen molar-refractivity contribution in [2.45, 2.75) is 20.4 Å². The highest BCUT2D eigenvalue weighted by Crippen LogP contribution is 2.16. The Hall–Kier alpha value is -1.39. The van der Waals surface area contributed by atoms with E-state index in [1.807, 2.05) is 13.0 Å². The molecule has 0 aliphatic rings. The number of nitrogens with one attached hydrogen (secondary N) is 2. The first-order valence-corrected chi connectivity index (χ1v) is 6.07. The van der Waals surface area contributed by atoms with Crippen molar-refractivity contribution in [3.05, 3.63) is 29.7 Å². The Labute approximate surface area is 101 Å². The molecular weight excluding hydrogens is 214 g/mol. The molecule has 0 bridgehead atoms. The van der Waals surface area contributed by atoms with Gasteiger partial charge in [-0.15, -0.1) is 0 Å². The van der Waals surface area contributed by atoms with Crippen molar-refractivity contribution < 1.29 is 4.42 Å². The number of hydrogen-bond acceptors (Lipinski definition) is 4. The normalized spacial score (nSPS) is 11.2. The number of fused-ring (bicyclic) bond motifs is 1. The minimum absolute atomic E-state index is 0.720. The zero-order valence-electron chi connectivity index (χ0n) is 10.4. The molecule has 4 nitrogen and oxygen atoms in total. The molecule has 0 amide bonds. The van der Waals surface area contributed by atoms with Gasteiger partial charge in [-0.05, 0) is 24.2 Å². The lowest BCUT2D eigenvalue weighted by molar-refractivity contribution is 0.560. The summed E-state index contributed by atoms with van der Waals surface area (Å²) in [5.41, 5.74) is 3.03. The highest BCUT2D eigenvalue weighted by molar-refractivity contribution is 5.73. The monoisotopic (exact) mass is 233 g/mol. The third kappa shape index (κ3) is 3.28. The van der Waals surface area contributed by atoms with Gasteiger partial charge in [-0.2, -0.15) is 0 Å². The van der Waals surface area contributed by atoms with Crippen LogP contribution in [-0.4, -0.2) is 24.6 Å².